The predicted molar refractivity (Wildman–Crippen MR) is 123 cm³/mol. The molecule has 1 aliphatic heterocycles. The van der Waals surface area contributed by atoms with Crippen LogP contribution in [0.4, 0.5) is 0 Å². The van der Waals surface area contributed by atoms with Gasteiger partial charge in [0.25, 0.3) is 5.91 Å². The monoisotopic (exact) mass is 432 g/mol. The molecule has 2 atom stereocenters. The van der Waals surface area contributed by atoms with Gasteiger partial charge in [-0.15, -0.1) is 0 Å². The number of rotatable bonds is 7. The molecule has 1 heterocycles. The average Bonchev–Trinajstić information content (AvgIpc) is 2.83. The number of aliphatic imine (C=N–C) groups is 1. The third-order valence-corrected chi connectivity index (χ3v) is 5.52. The summed E-state index contributed by atoms with van der Waals surface area (Å²) in [6.07, 6.45) is 2.13. The lowest BCUT2D eigenvalue weighted by Gasteiger charge is -2.34. The lowest BCUT2D eigenvalue weighted by molar-refractivity contribution is -0.135. The second-order valence-electron chi connectivity index (χ2n) is 7.96. The molecular formula is C24H28N6O2. The quantitative estimate of drug-likeness (QED) is 0.449. The molecule has 0 aromatic heterocycles. The number of likely N-dealkylation sites (tertiary alicyclic amines) is 1. The molecular weight excluding hydrogens is 404 g/mol. The first-order valence-corrected chi connectivity index (χ1v) is 10.7. The fourth-order valence-corrected chi connectivity index (χ4v) is 3.85. The zero-order valence-electron chi connectivity index (χ0n) is 17.9. The van der Waals surface area contributed by atoms with E-state index < -0.39 is 6.04 Å². The fraction of sp³-hybridized carbons (Fsp3) is 0.333. The lowest BCUT2D eigenvalue weighted by atomic mass is 9.96. The van der Waals surface area contributed by atoms with Crippen molar-refractivity contribution >= 4 is 17.8 Å². The Kier molecular flexibility index (Phi) is 7.81. The number of amides is 2. The molecule has 2 amide bonds. The van der Waals surface area contributed by atoms with E-state index in [1.54, 1.807) is 41.3 Å². The summed E-state index contributed by atoms with van der Waals surface area (Å²) < 4.78 is 0. The highest BCUT2D eigenvalue weighted by Crippen LogP contribution is 2.19. The number of nitrogens with zero attached hydrogens (tertiary/aromatic N) is 3. The van der Waals surface area contributed by atoms with Crippen molar-refractivity contribution in [3.05, 3.63) is 71.3 Å². The van der Waals surface area contributed by atoms with Crippen molar-refractivity contribution in [2.45, 2.75) is 25.3 Å². The molecule has 8 nitrogen and oxygen atoms in total. The number of hydrogen-bond acceptors (Lipinski definition) is 4. The van der Waals surface area contributed by atoms with Crippen LogP contribution in [-0.2, 0) is 11.2 Å². The summed E-state index contributed by atoms with van der Waals surface area (Å²) in [6.45, 7) is 1.64. The molecule has 1 fully saturated rings. The summed E-state index contributed by atoms with van der Waals surface area (Å²) in [4.78, 5) is 32.1. The summed E-state index contributed by atoms with van der Waals surface area (Å²) in [5.41, 5.74) is 12.8. The van der Waals surface area contributed by atoms with Crippen molar-refractivity contribution in [3.63, 3.8) is 0 Å². The molecule has 3 rings (SSSR count). The van der Waals surface area contributed by atoms with Crippen LogP contribution < -0.4 is 16.8 Å². The molecule has 0 spiro atoms. The average molecular weight is 433 g/mol. The van der Waals surface area contributed by atoms with Gasteiger partial charge in [-0.25, -0.2) is 0 Å². The normalized spacial score (nSPS) is 16.5. The Bertz CT molecular complexity index is 993. The molecule has 0 aliphatic carbocycles. The topological polar surface area (TPSA) is 138 Å². The summed E-state index contributed by atoms with van der Waals surface area (Å²) in [6, 6.07) is 17.2. The molecule has 8 heteroatoms. The van der Waals surface area contributed by atoms with E-state index in [0.29, 0.717) is 37.2 Å². The van der Waals surface area contributed by atoms with E-state index in [1.165, 1.54) is 0 Å². The van der Waals surface area contributed by atoms with Gasteiger partial charge in [0, 0.05) is 31.6 Å². The van der Waals surface area contributed by atoms with Crippen LogP contribution >= 0.6 is 0 Å². The Morgan fingerprint density at radius 3 is 2.53 bits per heavy atom. The van der Waals surface area contributed by atoms with Gasteiger partial charge in [-0.3, -0.25) is 14.6 Å². The van der Waals surface area contributed by atoms with Gasteiger partial charge < -0.3 is 21.7 Å². The molecule has 0 bridgehead atoms. The smallest absolute Gasteiger partial charge is 0.251 e. The highest BCUT2D eigenvalue weighted by atomic mass is 16.2. The minimum absolute atomic E-state index is 0.0438. The van der Waals surface area contributed by atoms with Gasteiger partial charge >= 0.3 is 0 Å². The van der Waals surface area contributed by atoms with Gasteiger partial charge in [-0.05, 0) is 48.6 Å². The number of carbonyl (C=O) groups excluding carboxylic acids is 2. The van der Waals surface area contributed by atoms with Crippen molar-refractivity contribution < 1.29 is 9.59 Å². The Balaban J connectivity index is 1.76. The van der Waals surface area contributed by atoms with E-state index in [0.717, 1.165) is 18.4 Å². The number of hydrogen-bond donors (Lipinski definition) is 3. The summed E-state index contributed by atoms with van der Waals surface area (Å²) in [7, 11) is 0. The van der Waals surface area contributed by atoms with Crippen LogP contribution in [0.1, 0.15) is 34.3 Å². The molecule has 2 aromatic rings. The van der Waals surface area contributed by atoms with Crippen molar-refractivity contribution in [3.8, 4) is 6.07 Å². The molecule has 32 heavy (non-hydrogen) atoms. The Labute approximate surface area is 187 Å². The van der Waals surface area contributed by atoms with E-state index in [2.05, 4.69) is 16.4 Å². The standard InChI is InChI=1S/C24H28N6O2/c25-14-18-10-8-17(9-11-18)13-21(29-22(31)20-6-2-1-3-7-20)23(32)30-12-4-5-19(16-30)15-28-24(26)27/h1-3,6-11,19,21H,4-5,12-13,15-16H2,(H,29,31)(H4,26,27,28)/t19-,21-/m0/s1. The van der Waals surface area contributed by atoms with Crippen molar-refractivity contribution in [2.75, 3.05) is 19.6 Å². The molecule has 1 saturated heterocycles. The number of piperidine rings is 1. The van der Waals surface area contributed by atoms with Crippen molar-refractivity contribution in [1.82, 2.24) is 10.2 Å². The Hall–Kier alpha value is -3.86. The zero-order chi connectivity index (χ0) is 22.9. The summed E-state index contributed by atoms with van der Waals surface area (Å²) in [5, 5.41) is 11.9. The molecule has 0 unspecified atom stereocenters. The first kappa shape index (κ1) is 22.8. The number of nitrogens with one attached hydrogen (secondary N) is 1. The molecule has 5 N–H and O–H groups in total. The van der Waals surface area contributed by atoms with Crippen molar-refractivity contribution in [1.29, 1.82) is 5.26 Å². The maximum Gasteiger partial charge on any atom is 0.251 e. The van der Waals surface area contributed by atoms with Crippen LogP contribution in [0.15, 0.2) is 59.6 Å². The molecule has 1 aliphatic rings. The van der Waals surface area contributed by atoms with Crippen LogP contribution in [0, 0.1) is 17.2 Å². The Morgan fingerprint density at radius 2 is 1.88 bits per heavy atom. The minimum atomic E-state index is -0.725. The number of guanidine groups is 1. The first-order valence-electron chi connectivity index (χ1n) is 10.7. The van der Waals surface area contributed by atoms with Crippen molar-refractivity contribution in [2.24, 2.45) is 22.4 Å². The van der Waals surface area contributed by atoms with E-state index in [1.807, 2.05) is 18.2 Å². The third-order valence-electron chi connectivity index (χ3n) is 5.52. The van der Waals surface area contributed by atoms with Gasteiger partial charge in [-0.2, -0.15) is 5.26 Å². The fourth-order valence-electron chi connectivity index (χ4n) is 3.85. The van der Waals surface area contributed by atoms with Crippen LogP contribution in [0.25, 0.3) is 0 Å². The molecule has 0 radical (unpaired) electrons. The van der Waals surface area contributed by atoms with E-state index in [9.17, 15) is 9.59 Å². The van der Waals surface area contributed by atoms with E-state index in [-0.39, 0.29) is 23.7 Å². The Morgan fingerprint density at radius 1 is 1.16 bits per heavy atom. The summed E-state index contributed by atoms with van der Waals surface area (Å²) >= 11 is 0. The molecule has 2 aromatic carbocycles. The number of carbonyl (C=O) groups is 2. The van der Waals surface area contributed by atoms with Gasteiger partial charge in [0.2, 0.25) is 5.91 Å². The van der Waals surface area contributed by atoms with E-state index >= 15 is 0 Å². The number of nitriles is 1. The van der Waals surface area contributed by atoms with Crippen LogP contribution in [0.2, 0.25) is 0 Å². The number of benzene rings is 2. The third kappa shape index (κ3) is 6.32. The maximum atomic E-state index is 13.4. The van der Waals surface area contributed by atoms with Crippen LogP contribution in [0.3, 0.4) is 0 Å². The molecule has 0 saturated carbocycles. The molecule has 166 valence electrons. The van der Waals surface area contributed by atoms with Gasteiger partial charge in [-0.1, -0.05) is 30.3 Å². The van der Waals surface area contributed by atoms with Gasteiger partial charge in [0.1, 0.15) is 6.04 Å². The highest BCUT2D eigenvalue weighted by molar-refractivity contribution is 5.97. The highest BCUT2D eigenvalue weighted by Gasteiger charge is 2.30. The SMILES string of the molecule is N#Cc1ccc(C[C@H](NC(=O)c2ccccc2)C(=O)N2CCC[C@@H](CN=C(N)N)C2)cc1. The second-order valence-corrected chi connectivity index (χ2v) is 7.96. The van der Waals surface area contributed by atoms with Gasteiger partial charge in [0.05, 0.1) is 11.6 Å². The second kappa shape index (κ2) is 11.0. The van der Waals surface area contributed by atoms with Gasteiger partial charge in [0.15, 0.2) is 5.96 Å². The largest absolute Gasteiger partial charge is 0.370 e. The van der Waals surface area contributed by atoms with Crippen LogP contribution in [-0.4, -0.2) is 48.3 Å². The first-order chi connectivity index (χ1) is 15.5. The lowest BCUT2D eigenvalue weighted by Crippen LogP contribution is -2.52. The summed E-state index contributed by atoms with van der Waals surface area (Å²) in [5.74, 6) is -0.211. The predicted octanol–water partition coefficient (Wildman–Crippen LogP) is 1.41. The minimum Gasteiger partial charge on any atom is -0.370 e. The maximum absolute atomic E-state index is 13.4. The zero-order valence-corrected chi connectivity index (χ0v) is 17.9. The van der Waals surface area contributed by atoms with E-state index in [4.69, 9.17) is 16.7 Å². The number of nitrogens with two attached hydrogens (primary N) is 2. The van der Waals surface area contributed by atoms with Crippen LogP contribution in [0.5, 0.6) is 0 Å².